The number of aliphatic hydroxyl groups is 1. The third-order valence-electron chi connectivity index (χ3n) is 3.64. The molecule has 0 spiro atoms. The van der Waals surface area contributed by atoms with Crippen molar-refractivity contribution >= 4 is 28.8 Å². The van der Waals surface area contributed by atoms with Gasteiger partial charge < -0.3 is 15.5 Å². The molecule has 5 nitrogen and oxygen atoms in total. The summed E-state index contributed by atoms with van der Waals surface area (Å²) in [5.74, 6) is -1.68. The fraction of sp³-hybridized carbons (Fsp3) is 0.111. The first-order chi connectivity index (χ1) is 12.5. The highest BCUT2D eigenvalue weighted by Gasteiger charge is 2.18. The number of nitrogens with one attached hydrogen (secondary N) is 1. The summed E-state index contributed by atoms with van der Waals surface area (Å²) >= 11 is 6.93. The molecular weight excluding hydrogens is 379 g/mol. The summed E-state index contributed by atoms with van der Waals surface area (Å²) in [6.45, 7) is 0.0103. The number of carbonyl (C=O) groups is 1. The standard InChI is InChI=1S/C18H14ClFN2O3S/c19-11-3-1-10(2-4-11)7-21-17(25)13-6-16(24)14(5-15(13)20)18-22-8-12(9-23)26-18/h1-6,8,23-24H,7,9H2,(H,21,25). The molecule has 0 bridgehead atoms. The van der Waals surface area contributed by atoms with Crippen LogP contribution in [0.4, 0.5) is 4.39 Å². The fourth-order valence-electron chi connectivity index (χ4n) is 2.29. The Balaban J connectivity index is 1.78. The Morgan fingerprint density at radius 1 is 1.27 bits per heavy atom. The van der Waals surface area contributed by atoms with Crippen LogP contribution in [0.3, 0.4) is 0 Å². The van der Waals surface area contributed by atoms with Crippen LogP contribution in [0.2, 0.25) is 5.02 Å². The van der Waals surface area contributed by atoms with Crippen molar-refractivity contribution in [1.29, 1.82) is 0 Å². The Kier molecular flexibility index (Phi) is 5.51. The van der Waals surface area contributed by atoms with Gasteiger partial charge in [0.2, 0.25) is 0 Å². The minimum Gasteiger partial charge on any atom is -0.507 e. The van der Waals surface area contributed by atoms with Gasteiger partial charge in [-0.2, -0.15) is 0 Å². The second kappa shape index (κ2) is 7.82. The largest absolute Gasteiger partial charge is 0.507 e. The van der Waals surface area contributed by atoms with Gasteiger partial charge in [-0.05, 0) is 29.8 Å². The van der Waals surface area contributed by atoms with Crippen molar-refractivity contribution in [3.05, 3.63) is 69.4 Å². The minimum absolute atomic E-state index is 0.168. The van der Waals surface area contributed by atoms with E-state index in [9.17, 15) is 14.3 Å². The van der Waals surface area contributed by atoms with Crippen molar-refractivity contribution < 1.29 is 19.4 Å². The quantitative estimate of drug-likeness (QED) is 0.618. The summed E-state index contributed by atoms with van der Waals surface area (Å²) in [6, 6.07) is 9.02. The van der Waals surface area contributed by atoms with Crippen molar-refractivity contribution in [3.8, 4) is 16.3 Å². The zero-order valence-electron chi connectivity index (χ0n) is 13.4. The van der Waals surface area contributed by atoms with Gasteiger partial charge in [-0.25, -0.2) is 9.37 Å². The first-order valence-electron chi connectivity index (χ1n) is 7.59. The minimum atomic E-state index is -0.771. The van der Waals surface area contributed by atoms with Crippen LogP contribution in [0, 0.1) is 5.82 Å². The van der Waals surface area contributed by atoms with Crippen LogP contribution in [-0.2, 0) is 13.2 Å². The third kappa shape index (κ3) is 4.01. The maximum absolute atomic E-state index is 14.4. The lowest BCUT2D eigenvalue weighted by atomic mass is 10.1. The molecule has 0 aliphatic carbocycles. The molecule has 8 heteroatoms. The van der Waals surface area contributed by atoms with Crippen molar-refractivity contribution in [2.45, 2.75) is 13.2 Å². The summed E-state index contributed by atoms with van der Waals surface area (Å²) in [7, 11) is 0. The number of nitrogens with zero attached hydrogens (tertiary/aromatic N) is 1. The van der Waals surface area contributed by atoms with Crippen molar-refractivity contribution in [2.75, 3.05) is 0 Å². The molecule has 3 N–H and O–H groups in total. The number of benzene rings is 2. The topological polar surface area (TPSA) is 82.5 Å². The molecule has 3 aromatic rings. The Hall–Kier alpha value is -2.48. The first-order valence-corrected chi connectivity index (χ1v) is 8.78. The van der Waals surface area contributed by atoms with E-state index in [1.807, 2.05) is 0 Å². The van der Waals surface area contributed by atoms with Crippen LogP contribution in [0.1, 0.15) is 20.8 Å². The molecule has 134 valence electrons. The number of hydrogen-bond donors (Lipinski definition) is 3. The predicted octanol–water partition coefficient (Wildman–Crippen LogP) is 3.73. The lowest BCUT2D eigenvalue weighted by molar-refractivity contribution is 0.0946. The van der Waals surface area contributed by atoms with Gasteiger partial charge in [-0.1, -0.05) is 23.7 Å². The molecule has 0 fully saturated rings. The van der Waals surface area contributed by atoms with E-state index in [4.69, 9.17) is 16.7 Å². The molecular formula is C18H14ClFN2O3S. The third-order valence-corrected chi connectivity index (χ3v) is 4.90. The SMILES string of the molecule is O=C(NCc1ccc(Cl)cc1)c1cc(O)c(-c2ncc(CO)s2)cc1F. The van der Waals surface area contributed by atoms with E-state index in [-0.39, 0.29) is 30.0 Å². The number of phenolic OH excluding ortho intramolecular Hbond substituents is 1. The van der Waals surface area contributed by atoms with Crippen LogP contribution in [-0.4, -0.2) is 21.1 Å². The van der Waals surface area contributed by atoms with E-state index >= 15 is 0 Å². The van der Waals surface area contributed by atoms with E-state index in [1.54, 1.807) is 24.3 Å². The van der Waals surface area contributed by atoms with Crippen LogP contribution in [0.5, 0.6) is 5.75 Å². The second-order valence-electron chi connectivity index (χ2n) is 5.45. The van der Waals surface area contributed by atoms with Crippen molar-refractivity contribution in [1.82, 2.24) is 10.3 Å². The van der Waals surface area contributed by atoms with Gasteiger partial charge in [0.25, 0.3) is 5.91 Å². The smallest absolute Gasteiger partial charge is 0.254 e. The molecule has 3 rings (SSSR count). The van der Waals surface area contributed by atoms with Crippen LogP contribution in [0.15, 0.2) is 42.6 Å². The Labute approximate surface area is 157 Å². The van der Waals surface area contributed by atoms with Gasteiger partial charge in [0.15, 0.2) is 0 Å². The number of aromatic hydroxyl groups is 1. The maximum atomic E-state index is 14.4. The van der Waals surface area contributed by atoms with Crippen molar-refractivity contribution in [2.24, 2.45) is 0 Å². The van der Waals surface area contributed by atoms with Gasteiger partial charge in [-0.15, -0.1) is 11.3 Å². The number of thiazole rings is 1. The molecule has 0 aliphatic heterocycles. The van der Waals surface area contributed by atoms with Gasteiger partial charge in [-0.3, -0.25) is 4.79 Å². The summed E-state index contributed by atoms with van der Waals surface area (Å²) in [4.78, 5) is 16.8. The van der Waals surface area contributed by atoms with Gasteiger partial charge in [0.1, 0.15) is 16.6 Å². The van der Waals surface area contributed by atoms with E-state index in [0.717, 1.165) is 29.0 Å². The number of hydrogen-bond acceptors (Lipinski definition) is 5. The number of aromatic nitrogens is 1. The zero-order chi connectivity index (χ0) is 18.7. The van der Waals surface area contributed by atoms with Gasteiger partial charge in [0.05, 0.1) is 22.6 Å². The monoisotopic (exact) mass is 392 g/mol. The Morgan fingerprint density at radius 2 is 2.00 bits per heavy atom. The van der Waals surface area contributed by atoms with Gasteiger partial charge in [0, 0.05) is 17.8 Å². The molecule has 26 heavy (non-hydrogen) atoms. The Bertz CT molecular complexity index is 944. The molecule has 0 atom stereocenters. The summed E-state index contributed by atoms with van der Waals surface area (Å²) < 4.78 is 14.4. The number of rotatable bonds is 5. The Morgan fingerprint density at radius 3 is 2.65 bits per heavy atom. The van der Waals surface area contributed by atoms with E-state index in [2.05, 4.69) is 10.3 Å². The molecule has 0 saturated heterocycles. The summed E-state index contributed by atoms with van der Waals surface area (Å²) in [6.07, 6.45) is 1.45. The molecule has 1 amide bonds. The molecule has 1 aromatic heterocycles. The highest BCUT2D eigenvalue weighted by Crippen LogP contribution is 2.34. The zero-order valence-corrected chi connectivity index (χ0v) is 14.9. The number of carbonyl (C=O) groups excluding carboxylic acids is 1. The number of aliphatic hydroxyl groups excluding tert-OH is 1. The first kappa shape index (κ1) is 18.3. The molecule has 1 heterocycles. The molecule has 0 aliphatic rings. The summed E-state index contributed by atoms with van der Waals surface area (Å²) in [5.41, 5.74) is 0.712. The van der Waals surface area contributed by atoms with Crippen LogP contribution in [0.25, 0.3) is 10.6 Å². The van der Waals surface area contributed by atoms with E-state index in [0.29, 0.717) is 14.9 Å². The lowest BCUT2D eigenvalue weighted by Crippen LogP contribution is -2.23. The van der Waals surface area contributed by atoms with Crippen molar-refractivity contribution in [3.63, 3.8) is 0 Å². The van der Waals surface area contributed by atoms with E-state index in [1.165, 1.54) is 6.20 Å². The maximum Gasteiger partial charge on any atom is 0.254 e. The molecule has 0 unspecified atom stereocenters. The molecule has 0 radical (unpaired) electrons. The average Bonchev–Trinajstić information content (AvgIpc) is 3.11. The number of amides is 1. The average molecular weight is 393 g/mol. The number of phenols is 1. The predicted molar refractivity (Wildman–Crippen MR) is 97.7 cm³/mol. The van der Waals surface area contributed by atoms with Gasteiger partial charge >= 0.3 is 0 Å². The van der Waals surface area contributed by atoms with E-state index < -0.39 is 11.7 Å². The molecule has 0 saturated carbocycles. The highest BCUT2D eigenvalue weighted by atomic mass is 35.5. The van der Waals surface area contributed by atoms with Crippen LogP contribution >= 0.6 is 22.9 Å². The highest BCUT2D eigenvalue weighted by molar-refractivity contribution is 7.15. The number of halogens is 2. The fourth-order valence-corrected chi connectivity index (χ4v) is 3.22. The van der Waals surface area contributed by atoms with Crippen LogP contribution < -0.4 is 5.32 Å². The summed E-state index contributed by atoms with van der Waals surface area (Å²) in [5, 5.41) is 22.8. The second-order valence-corrected chi connectivity index (χ2v) is 7.00. The normalized spacial score (nSPS) is 10.7. The lowest BCUT2D eigenvalue weighted by Gasteiger charge is -2.09. The molecule has 2 aromatic carbocycles.